The Balaban J connectivity index is 1.28. The van der Waals surface area contributed by atoms with E-state index >= 15 is 0 Å². The number of morpholine rings is 1. The lowest BCUT2D eigenvalue weighted by atomic mass is 9.84. The maximum Gasteiger partial charge on any atom is 0.296 e. The monoisotopic (exact) mass is 508 g/mol. The van der Waals surface area contributed by atoms with E-state index in [9.17, 15) is 14.4 Å². The topological polar surface area (TPSA) is 115 Å². The average Bonchev–Trinajstić information content (AvgIpc) is 3.86. The predicted molar refractivity (Wildman–Crippen MR) is 135 cm³/mol. The van der Waals surface area contributed by atoms with Crippen LogP contribution in [0.15, 0.2) is 34.9 Å². The third-order valence-electron chi connectivity index (χ3n) is 7.85. The lowest BCUT2D eigenvalue weighted by Gasteiger charge is -2.30. The van der Waals surface area contributed by atoms with Gasteiger partial charge in [0.15, 0.2) is 5.82 Å². The minimum Gasteiger partial charge on any atom is -0.378 e. The highest BCUT2D eigenvalue weighted by atomic mass is 16.5. The summed E-state index contributed by atoms with van der Waals surface area (Å²) in [6, 6.07) is 9.51. The van der Waals surface area contributed by atoms with Gasteiger partial charge in [0, 0.05) is 31.3 Å². The van der Waals surface area contributed by atoms with Crippen LogP contribution in [0.1, 0.15) is 79.9 Å². The summed E-state index contributed by atoms with van der Waals surface area (Å²) in [6.07, 6.45) is 6.07. The smallest absolute Gasteiger partial charge is 0.296 e. The summed E-state index contributed by atoms with van der Waals surface area (Å²) in [5, 5.41) is 6.87. The second-order valence-electron chi connectivity index (χ2n) is 10.8. The van der Waals surface area contributed by atoms with Crippen LogP contribution in [0.5, 0.6) is 0 Å². The third-order valence-corrected chi connectivity index (χ3v) is 7.85. The molecule has 2 heterocycles. The number of hydrogen-bond donors (Lipinski definition) is 1. The van der Waals surface area contributed by atoms with E-state index in [1.165, 1.54) is 5.56 Å². The summed E-state index contributed by atoms with van der Waals surface area (Å²) < 4.78 is 10.6. The van der Waals surface area contributed by atoms with Gasteiger partial charge in [-0.15, -0.1) is 0 Å². The van der Waals surface area contributed by atoms with E-state index in [4.69, 9.17) is 9.26 Å². The van der Waals surface area contributed by atoms with Crippen molar-refractivity contribution in [2.24, 2.45) is 11.3 Å². The van der Waals surface area contributed by atoms with Crippen molar-refractivity contribution in [2.45, 2.75) is 70.3 Å². The molecule has 0 radical (unpaired) electrons. The third kappa shape index (κ3) is 6.44. The van der Waals surface area contributed by atoms with E-state index in [-0.39, 0.29) is 41.2 Å². The van der Waals surface area contributed by atoms with Crippen LogP contribution in [-0.2, 0) is 20.7 Å². The Hall–Kier alpha value is -3.07. The Morgan fingerprint density at radius 1 is 1.14 bits per heavy atom. The Bertz CT molecular complexity index is 1100. The lowest BCUT2D eigenvalue weighted by Crippen LogP contribution is -2.46. The summed E-state index contributed by atoms with van der Waals surface area (Å²) >= 11 is 0. The highest BCUT2D eigenvalue weighted by Crippen LogP contribution is 2.53. The van der Waals surface area contributed by atoms with Gasteiger partial charge in [0.1, 0.15) is 0 Å². The number of nitrogens with zero attached hydrogens (tertiary/aromatic N) is 3. The Morgan fingerprint density at radius 2 is 1.86 bits per heavy atom. The predicted octanol–water partition coefficient (Wildman–Crippen LogP) is 3.30. The number of carbonyl (C=O) groups excluding carboxylic acids is 3. The molecule has 1 aromatic heterocycles. The molecule has 37 heavy (non-hydrogen) atoms. The van der Waals surface area contributed by atoms with Crippen molar-refractivity contribution in [1.82, 2.24) is 20.4 Å². The van der Waals surface area contributed by atoms with E-state index in [1.54, 1.807) is 4.90 Å². The van der Waals surface area contributed by atoms with Gasteiger partial charge in [-0.2, -0.15) is 4.98 Å². The Morgan fingerprint density at radius 3 is 2.51 bits per heavy atom. The Kier molecular flexibility index (Phi) is 7.69. The van der Waals surface area contributed by atoms with Crippen LogP contribution in [0.4, 0.5) is 0 Å². The van der Waals surface area contributed by atoms with Gasteiger partial charge >= 0.3 is 0 Å². The molecule has 0 spiro atoms. The summed E-state index contributed by atoms with van der Waals surface area (Å²) in [7, 11) is 0. The van der Waals surface area contributed by atoms with Gasteiger partial charge in [0.25, 0.3) is 5.89 Å². The zero-order valence-electron chi connectivity index (χ0n) is 21.5. The van der Waals surface area contributed by atoms with Gasteiger partial charge < -0.3 is 19.5 Å². The van der Waals surface area contributed by atoms with E-state index in [1.807, 2.05) is 25.1 Å². The first-order valence-corrected chi connectivity index (χ1v) is 13.5. The van der Waals surface area contributed by atoms with Crippen LogP contribution in [0.25, 0.3) is 0 Å². The molecule has 1 aromatic carbocycles. The van der Waals surface area contributed by atoms with Gasteiger partial charge in [-0.1, -0.05) is 42.4 Å². The summed E-state index contributed by atoms with van der Waals surface area (Å²) in [5.74, 6) is -0.415. The van der Waals surface area contributed by atoms with Gasteiger partial charge in [-0.3, -0.25) is 14.4 Å². The minimum absolute atomic E-state index is 0.00597. The van der Waals surface area contributed by atoms with E-state index < -0.39 is 12.0 Å². The number of hydrogen-bond acceptors (Lipinski definition) is 7. The van der Waals surface area contributed by atoms with Crippen LogP contribution < -0.4 is 5.32 Å². The SMILES string of the molecule is CC[C@H](NC(=O)[C@@H](CC(=O)N1CCOCC1)CC1(Cc2ccccc2)CC1)C(=O)c1nc(C2CC2)no1. The van der Waals surface area contributed by atoms with Gasteiger partial charge in [-0.05, 0) is 55.9 Å². The number of nitrogens with one attached hydrogen (secondary N) is 1. The van der Waals surface area contributed by atoms with Crippen molar-refractivity contribution >= 4 is 17.6 Å². The second kappa shape index (κ2) is 11.1. The van der Waals surface area contributed by atoms with Crippen molar-refractivity contribution in [3.05, 3.63) is 47.6 Å². The first-order valence-electron chi connectivity index (χ1n) is 13.5. The minimum atomic E-state index is -0.773. The fourth-order valence-electron chi connectivity index (χ4n) is 5.23. The largest absolute Gasteiger partial charge is 0.378 e. The molecular formula is C28H36N4O5. The van der Waals surface area contributed by atoms with Crippen molar-refractivity contribution in [2.75, 3.05) is 26.3 Å². The summed E-state index contributed by atoms with van der Waals surface area (Å²) in [6.45, 7) is 3.95. The standard InChI is InChI=1S/C28H36N4O5/c1-2-22(24(34)27-30-25(31-37-27)20-8-9-20)29-26(35)21(16-23(33)32-12-14-36-15-13-32)18-28(10-11-28)17-19-6-4-3-5-7-19/h3-7,20-22H,2,8-18H2,1H3,(H,29,35)/t21-,22-/m0/s1. The number of ether oxygens (including phenoxy) is 1. The van der Waals surface area contributed by atoms with Crippen molar-refractivity contribution in [3.8, 4) is 0 Å². The van der Waals surface area contributed by atoms with Crippen molar-refractivity contribution < 1.29 is 23.6 Å². The van der Waals surface area contributed by atoms with Gasteiger partial charge in [-0.25, -0.2) is 0 Å². The average molecular weight is 509 g/mol. The highest BCUT2D eigenvalue weighted by Gasteiger charge is 2.46. The molecular weight excluding hydrogens is 472 g/mol. The molecule has 1 saturated heterocycles. The number of carbonyl (C=O) groups is 3. The molecule has 9 heteroatoms. The van der Waals surface area contributed by atoms with Crippen LogP contribution in [-0.4, -0.2) is 65.0 Å². The molecule has 0 unspecified atom stereocenters. The zero-order chi connectivity index (χ0) is 25.8. The first-order chi connectivity index (χ1) is 18.0. The van der Waals surface area contributed by atoms with Crippen molar-refractivity contribution in [3.63, 3.8) is 0 Å². The molecule has 2 aliphatic carbocycles. The van der Waals surface area contributed by atoms with E-state index in [2.05, 4.69) is 27.6 Å². The van der Waals surface area contributed by atoms with Gasteiger partial charge in [0.05, 0.1) is 19.3 Å². The quantitative estimate of drug-likeness (QED) is 0.438. The summed E-state index contributed by atoms with van der Waals surface area (Å²) in [5.41, 5.74) is 1.24. The fraction of sp³-hybridized carbons (Fsp3) is 0.607. The van der Waals surface area contributed by atoms with Crippen molar-refractivity contribution in [1.29, 1.82) is 0 Å². The van der Waals surface area contributed by atoms with Crippen LogP contribution >= 0.6 is 0 Å². The number of Topliss-reactive ketones (excluding diaryl/α,β-unsaturated/α-hetero) is 1. The van der Waals surface area contributed by atoms with Crippen LogP contribution in [0.3, 0.4) is 0 Å². The molecule has 2 saturated carbocycles. The molecule has 1 aliphatic heterocycles. The molecule has 2 aromatic rings. The maximum absolute atomic E-state index is 13.6. The van der Waals surface area contributed by atoms with Gasteiger partial charge in [0.2, 0.25) is 17.6 Å². The molecule has 9 nitrogen and oxygen atoms in total. The van der Waals surface area contributed by atoms with Crippen LogP contribution in [0.2, 0.25) is 0 Å². The fourth-order valence-corrected chi connectivity index (χ4v) is 5.23. The highest BCUT2D eigenvalue weighted by molar-refractivity contribution is 5.99. The molecule has 3 aliphatic rings. The zero-order valence-corrected chi connectivity index (χ0v) is 21.5. The van der Waals surface area contributed by atoms with Crippen LogP contribution in [0, 0.1) is 11.3 Å². The first kappa shape index (κ1) is 25.6. The maximum atomic E-state index is 13.6. The van der Waals surface area contributed by atoms with E-state index in [0.29, 0.717) is 45.0 Å². The second-order valence-corrected chi connectivity index (χ2v) is 10.8. The normalized spacial score (nSPS) is 20.2. The number of rotatable bonds is 12. The molecule has 2 amide bonds. The molecule has 2 atom stereocenters. The number of amides is 2. The number of aromatic nitrogens is 2. The molecule has 5 rings (SSSR count). The molecule has 0 bridgehead atoms. The number of benzene rings is 1. The number of ketones is 1. The molecule has 1 N–H and O–H groups in total. The molecule has 198 valence electrons. The summed E-state index contributed by atoms with van der Waals surface area (Å²) in [4.78, 5) is 45.9. The molecule has 3 fully saturated rings. The van der Waals surface area contributed by atoms with E-state index in [0.717, 1.165) is 32.1 Å². The lowest BCUT2D eigenvalue weighted by molar-refractivity contribution is -0.140. The Labute approximate surface area is 217 Å².